The number of anilines is 1. The van der Waals surface area contributed by atoms with E-state index in [-0.39, 0.29) is 68.4 Å². The van der Waals surface area contributed by atoms with Crippen molar-refractivity contribution in [3.8, 4) is 28.2 Å². The number of benzene rings is 3. The van der Waals surface area contributed by atoms with Gasteiger partial charge in [-0.15, -0.1) is 0 Å². The zero-order valence-corrected chi connectivity index (χ0v) is 57.5. The average Bonchev–Trinajstić information content (AvgIpc) is 0.763. The van der Waals surface area contributed by atoms with Crippen LogP contribution in [0.2, 0.25) is 0 Å². The molecule has 1 heterocycles. The average molecular weight is 1320 g/mol. The molecule has 2 atom stereocenters. The first-order valence-corrected chi connectivity index (χ1v) is 36.7. The van der Waals surface area contributed by atoms with Gasteiger partial charge in [-0.3, -0.25) is 33.0 Å². The number of ether oxygens (including phenoxy) is 2. The Morgan fingerprint density at radius 2 is 1.08 bits per heavy atom. The van der Waals surface area contributed by atoms with Crippen molar-refractivity contribution < 1.29 is 56.7 Å². The van der Waals surface area contributed by atoms with Gasteiger partial charge in [0.05, 0.1) is 13.2 Å². The highest BCUT2D eigenvalue weighted by Gasteiger charge is 2.27. The minimum Gasteiger partial charge on any atom is -0.508 e. The zero-order chi connectivity index (χ0) is 66.3. The first kappa shape index (κ1) is 78.5. The van der Waals surface area contributed by atoms with Crippen LogP contribution in [-0.4, -0.2) is 84.4 Å². The highest BCUT2D eigenvalue weighted by molar-refractivity contribution is 7.80. The number of aryl methyl sites for hydroxylation is 1. The zero-order valence-electron chi connectivity index (χ0n) is 55.8. The Morgan fingerprint density at radius 1 is 0.565 bits per heavy atom. The van der Waals surface area contributed by atoms with E-state index in [0.717, 1.165) is 130 Å². The van der Waals surface area contributed by atoms with Crippen LogP contribution in [0, 0.1) is 6.92 Å². The van der Waals surface area contributed by atoms with E-state index in [0.29, 0.717) is 55.2 Å². The summed E-state index contributed by atoms with van der Waals surface area (Å²) in [5.74, 6) is -0.841. The molecule has 0 spiro atoms. The van der Waals surface area contributed by atoms with Crippen LogP contribution in [0.4, 0.5) is 5.69 Å². The molecule has 1 aliphatic carbocycles. The van der Waals surface area contributed by atoms with Crippen LogP contribution >= 0.6 is 20.0 Å². The van der Waals surface area contributed by atoms with Crippen LogP contribution in [-0.2, 0) is 42.3 Å². The van der Waals surface area contributed by atoms with E-state index < -0.39 is 32.5 Å². The van der Waals surface area contributed by atoms with Crippen molar-refractivity contribution in [3.63, 3.8) is 0 Å². The summed E-state index contributed by atoms with van der Waals surface area (Å²) < 4.78 is 40.3. The molecular weight excluding hydrogens is 1200 g/mol. The number of esters is 2. The number of nitrogens with one attached hydrogen (secondary N) is 4. The Balaban J connectivity index is 1.05. The maximum absolute atomic E-state index is 12.9. The lowest BCUT2D eigenvalue weighted by molar-refractivity contribution is -0.161. The van der Waals surface area contributed by atoms with Crippen molar-refractivity contribution in [1.29, 1.82) is 0 Å². The van der Waals surface area contributed by atoms with Gasteiger partial charge in [-0.2, -0.15) is 0 Å². The number of hydrogen-bond donors (Lipinski definition) is 6. The lowest BCUT2D eigenvalue weighted by Crippen LogP contribution is -2.30. The van der Waals surface area contributed by atoms with Gasteiger partial charge in [0.15, 0.2) is 16.6 Å². The molecule has 2 unspecified atom stereocenters. The predicted molar refractivity (Wildman–Crippen MR) is 375 cm³/mol. The number of phosphoric acid groups is 1. The standard InChI is InChI=1S/C73H111N4O13PS/c1-4-6-8-10-12-14-16-18-20-22-24-26-28-30-33-41-70(82)86-56-62(89-71(83)42-34-31-29-27-25-23-21-19-17-15-13-11-9-7-5-2)57-88-91(84,85)87-52-51-75-69(81)40-36-35-39-68(80)74-49-37-32-38-50-76-73(92)77-59-43-46-63(58(3)53-59)72-64-47-44-60(78)54-66(64)90-67-55-61(79)45-48-65(67)72/h18-21,43-48,53-55,62,78H,4-17,22-42,49-52,56-57H2,1-3H3,(H,74,80)(H,75,81)(H,84,85)(H2,76,77,92)/b20-18-,21-19-. The van der Waals surface area contributed by atoms with Crippen LogP contribution in [0.15, 0.2) is 88.1 Å². The highest BCUT2D eigenvalue weighted by atomic mass is 32.1. The van der Waals surface area contributed by atoms with Crippen LogP contribution in [0.3, 0.4) is 0 Å². The molecule has 19 heteroatoms. The van der Waals surface area contributed by atoms with Crippen molar-refractivity contribution in [2.24, 2.45) is 0 Å². The SMILES string of the molecule is CCCCCCCC/C=C\CCCCCCCC(=O)OCC(COP(=O)(O)OCCNC(=O)CCCCC(=O)NCCCCCNC(=S)Nc1ccc(-c2c3ccc(=O)cc-3oc3cc(O)ccc23)c(C)c1)OC(=O)CCCCCCC/C=C\CCCCCCCC. The minimum absolute atomic E-state index is 0.0647. The quantitative estimate of drug-likeness (QED) is 0.00601. The monoisotopic (exact) mass is 1310 g/mol. The number of phenols is 1. The predicted octanol–water partition coefficient (Wildman–Crippen LogP) is 17.5. The van der Waals surface area contributed by atoms with Gasteiger partial charge in [0, 0.05) is 79.7 Å². The van der Waals surface area contributed by atoms with Gasteiger partial charge >= 0.3 is 19.8 Å². The van der Waals surface area contributed by atoms with Crippen molar-refractivity contribution >= 4 is 65.6 Å². The molecule has 0 radical (unpaired) electrons. The fourth-order valence-corrected chi connectivity index (χ4v) is 11.8. The lowest BCUT2D eigenvalue weighted by atomic mass is 9.91. The molecule has 512 valence electrons. The number of rotatable bonds is 53. The van der Waals surface area contributed by atoms with Gasteiger partial charge in [-0.1, -0.05) is 147 Å². The number of unbranched alkanes of at least 4 members (excludes halogenated alkanes) is 25. The molecule has 0 bridgehead atoms. The van der Waals surface area contributed by atoms with Crippen LogP contribution in [0.5, 0.6) is 5.75 Å². The number of thiocarbonyl (C=S) groups is 1. The number of carbonyl (C=O) groups excluding carboxylic acids is 4. The Bertz CT molecular complexity index is 2890. The highest BCUT2D eigenvalue weighted by Crippen LogP contribution is 2.44. The summed E-state index contributed by atoms with van der Waals surface area (Å²) in [4.78, 5) is 73.3. The van der Waals surface area contributed by atoms with Crippen LogP contribution in [0.1, 0.15) is 244 Å². The van der Waals surface area contributed by atoms with Gasteiger partial charge in [-0.05, 0) is 163 Å². The number of hydrogen-bond acceptors (Lipinski definition) is 13. The number of amides is 2. The third-order valence-electron chi connectivity index (χ3n) is 16.1. The largest absolute Gasteiger partial charge is 0.508 e. The van der Waals surface area contributed by atoms with Gasteiger partial charge < -0.3 is 45.2 Å². The molecule has 1 aliphatic heterocycles. The molecular formula is C73H111N4O13PS. The maximum atomic E-state index is 12.9. The summed E-state index contributed by atoms with van der Waals surface area (Å²) in [6, 6.07) is 15.6. The minimum atomic E-state index is -4.65. The van der Waals surface area contributed by atoms with Crippen LogP contribution < -0.4 is 26.7 Å². The molecule has 2 aliphatic rings. The summed E-state index contributed by atoms with van der Waals surface area (Å²) in [5.41, 5.74) is 4.73. The second kappa shape index (κ2) is 48.8. The van der Waals surface area contributed by atoms with Crippen molar-refractivity contribution in [1.82, 2.24) is 16.0 Å². The Labute approximate surface area is 554 Å². The van der Waals surface area contributed by atoms with E-state index in [1.165, 1.54) is 89.2 Å². The molecule has 0 saturated carbocycles. The molecule has 0 aromatic heterocycles. The number of aromatic hydroxyl groups is 1. The first-order chi connectivity index (χ1) is 44.7. The molecule has 17 nitrogen and oxygen atoms in total. The fourth-order valence-electron chi connectivity index (χ4n) is 10.8. The maximum Gasteiger partial charge on any atom is 0.472 e. The smallest absolute Gasteiger partial charge is 0.472 e. The van der Waals surface area contributed by atoms with Gasteiger partial charge in [0.25, 0.3) is 0 Å². The molecule has 2 aromatic rings. The molecule has 0 saturated heterocycles. The second-order valence-electron chi connectivity index (χ2n) is 24.3. The van der Waals surface area contributed by atoms with Gasteiger partial charge in [0.1, 0.15) is 23.7 Å². The van der Waals surface area contributed by atoms with Gasteiger partial charge in [0.2, 0.25) is 11.8 Å². The van der Waals surface area contributed by atoms with E-state index in [9.17, 15) is 38.5 Å². The summed E-state index contributed by atoms with van der Waals surface area (Å²) in [6.07, 6.45) is 41.9. The Kier molecular flexibility index (Phi) is 41.6. The normalized spacial score (nSPS) is 12.6. The summed E-state index contributed by atoms with van der Waals surface area (Å²) in [6.45, 7) is 6.39. The summed E-state index contributed by atoms with van der Waals surface area (Å²) >= 11 is 5.57. The molecule has 92 heavy (non-hydrogen) atoms. The van der Waals surface area contributed by atoms with E-state index in [2.05, 4.69) is 59.4 Å². The third kappa shape index (κ3) is 35.9. The number of allylic oxidation sites excluding steroid dienone is 4. The number of phosphoric ester groups is 1. The van der Waals surface area contributed by atoms with Gasteiger partial charge in [-0.25, -0.2) is 4.57 Å². The number of fused-ring (bicyclic) bond motifs is 2. The van der Waals surface area contributed by atoms with E-state index in [1.54, 1.807) is 18.2 Å². The topological polar surface area (TPSA) is 241 Å². The van der Waals surface area contributed by atoms with E-state index >= 15 is 0 Å². The van der Waals surface area contributed by atoms with Crippen molar-refractivity contribution in [2.45, 2.75) is 252 Å². The third-order valence-corrected chi connectivity index (χ3v) is 17.3. The molecule has 4 rings (SSSR count). The first-order valence-electron chi connectivity index (χ1n) is 34.8. The molecule has 2 aromatic carbocycles. The molecule has 6 N–H and O–H groups in total. The van der Waals surface area contributed by atoms with E-state index in [4.69, 9.17) is 35.2 Å². The number of carbonyl (C=O) groups is 4. The molecule has 0 fully saturated rings. The molecule has 2 amide bonds. The Hall–Kier alpha value is -5.91. The summed E-state index contributed by atoms with van der Waals surface area (Å²) in [7, 11) is -4.65. The number of phenolic OH excluding ortho intramolecular Hbond substituents is 1. The van der Waals surface area contributed by atoms with E-state index in [1.807, 2.05) is 31.2 Å². The fraction of sp³-hybridized carbons (Fsp3) is 0.616. The Morgan fingerprint density at radius 3 is 1.66 bits per heavy atom. The van der Waals surface area contributed by atoms with Crippen molar-refractivity contribution in [2.75, 3.05) is 44.8 Å². The summed E-state index contributed by atoms with van der Waals surface area (Å²) in [5, 5.41) is 23.5. The van der Waals surface area contributed by atoms with Crippen LogP contribution in [0.25, 0.3) is 33.4 Å². The van der Waals surface area contributed by atoms with Crippen molar-refractivity contribution in [3.05, 3.63) is 94.7 Å². The lowest BCUT2D eigenvalue weighted by Gasteiger charge is -2.20. The second-order valence-corrected chi connectivity index (χ2v) is 26.1.